The lowest BCUT2D eigenvalue weighted by Crippen LogP contribution is -2.40. The standard InChI is InChI=1S/C20H22BrN3O2/c1-13-4-2-3-5-16(13)17(23-19(22)26)12-18(25)24-20(10-11-20)14-6-8-15(21)9-7-14/h2-9,17H,10-12H2,1H3,(H,24,25)(H3,22,23,26). The van der Waals surface area contributed by atoms with Gasteiger partial charge in [0.2, 0.25) is 5.91 Å². The molecular weight excluding hydrogens is 394 g/mol. The summed E-state index contributed by atoms with van der Waals surface area (Å²) in [7, 11) is 0. The van der Waals surface area contributed by atoms with E-state index in [1.807, 2.05) is 55.5 Å². The van der Waals surface area contributed by atoms with Gasteiger partial charge in [-0.2, -0.15) is 0 Å². The van der Waals surface area contributed by atoms with Gasteiger partial charge in [0.05, 0.1) is 18.0 Å². The summed E-state index contributed by atoms with van der Waals surface area (Å²) in [6, 6.07) is 14.6. The second-order valence-electron chi connectivity index (χ2n) is 6.76. The fraction of sp³-hybridized carbons (Fsp3) is 0.300. The van der Waals surface area contributed by atoms with Crippen molar-refractivity contribution in [3.05, 3.63) is 69.7 Å². The second-order valence-corrected chi connectivity index (χ2v) is 7.67. The Balaban J connectivity index is 1.73. The van der Waals surface area contributed by atoms with Crippen LogP contribution < -0.4 is 16.4 Å². The average Bonchev–Trinajstić information content (AvgIpc) is 3.35. The van der Waals surface area contributed by atoms with Gasteiger partial charge in [-0.05, 0) is 48.6 Å². The zero-order valence-corrected chi connectivity index (χ0v) is 16.2. The molecule has 3 amide bonds. The number of carbonyl (C=O) groups excluding carboxylic acids is 2. The molecule has 0 radical (unpaired) electrons. The van der Waals surface area contributed by atoms with Crippen LogP contribution in [0.2, 0.25) is 0 Å². The molecule has 0 aliphatic heterocycles. The lowest BCUT2D eigenvalue weighted by molar-refractivity contribution is -0.122. The molecule has 0 spiro atoms. The number of carbonyl (C=O) groups is 2. The smallest absolute Gasteiger partial charge is 0.312 e. The van der Waals surface area contributed by atoms with Gasteiger partial charge >= 0.3 is 6.03 Å². The third-order valence-corrected chi connectivity index (χ3v) is 5.32. The maximum atomic E-state index is 12.7. The number of benzene rings is 2. The number of nitrogens with one attached hydrogen (secondary N) is 2. The van der Waals surface area contributed by atoms with E-state index < -0.39 is 12.1 Å². The molecule has 136 valence electrons. The van der Waals surface area contributed by atoms with Crippen LogP contribution in [0.1, 0.15) is 42.0 Å². The summed E-state index contributed by atoms with van der Waals surface area (Å²) in [5, 5.41) is 5.84. The van der Waals surface area contributed by atoms with Crippen molar-refractivity contribution in [2.24, 2.45) is 5.73 Å². The molecule has 0 saturated heterocycles. The molecular formula is C20H22BrN3O2. The normalized spacial score (nSPS) is 15.8. The minimum atomic E-state index is -0.639. The molecule has 1 aliphatic carbocycles. The van der Waals surface area contributed by atoms with E-state index >= 15 is 0 Å². The van der Waals surface area contributed by atoms with Crippen LogP contribution in [0.4, 0.5) is 4.79 Å². The predicted octanol–water partition coefficient (Wildman–Crippen LogP) is 3.66. The highest BCUT2D eigenvalue weighted by Crippen LogP contribution is 2.45. The lowest BCUT2D eigenvalue weighted by atomic mass is 9.98. The average molecular weight is 416 g/mol. The largest absolute Gasteiger partial charge is 0.352 e. The highest BCUT2D eigenvalue weighted by molar-refractivity contribution is 9.10. The molecule has 1 unspecified atom stereocenters. The Hall–Kier alpha value is -2.34. The number of aryl methyl sites for hydroxylation is 1. The summed E-state index contributed by atoms with van der Waals surface area (Å²) in [4.78, 5) is 24.1. The van der Waals surface area contributed by atoms with Crippen LogP contribution in [0.15, 0.2) is 53.0 Å². The van der Waals surface area contributed by atoms with Crippen LogP contribution in [-0.2, 0) is 10.3 Å². The van der Waals surface area contributed by atoms with E-state index in [1.165, 1.54) is 0 Å². The van der Waals surface area contributed by atoms with Crippen molar-refractivity contribution in [2.45, 2.75) is 37.8 Å². The van der Waals surface area contributed by atoms with E-state index in [1.54, 1.807) is 0 Å². The van der Waals surface area contributed by atoms with Crippen molar-refractivity contribution in [3.8, 4) is 0 Å². The first-order valence-electron chi connectivity index (χ1n) is 8.58. The van der Waals surface area contributed by atoms with Gasteiger partial charge < -0.3 is 16.4 Å². The second kappa shape index (κ2) is 7.50. The highest BCUT2D eigenvalue weighted by Gasteiger charge is 2.45. The Bertz CT molecular complexity index is 816. The molecule has 3 rings (SSSR count). The van der Waals surface area contributed by atoms with Crippen molar-refractivity contribution in [1.29, 1.82) is 0 Å². The van der Waals surface area contributed by atoms with Crippen molar-refractivity contribution in [2.75, 3.05) is 0 Å². The topological polar surface area (TPSA) is 84.2 Å². The van der Waals surface area contributed by atoms with E-state index in [0.717, 1.165) is 34.0 Å². The summed E-state index contributed by atoms with van der Waals surface area (Å²) in [5.41, 5.74) is 8.03. The van der Waals surface area contributed by atoms with Gasteiger partial charge in [0, 0.05) is 4.47 Å². The number of primary amides is 1. The van der Waals surface area contributed by atoms with E-state index in [2.05, 4.69) is 26.6 Å². The van der Waals surface area contributed by atoms with Crippen LogP contribution in [0.25, 0.3) is 0 Å². The van der Waals surface area contributed by atoms with E-state index in [-0.39, 0.29) is 17.9 Å². The molecule has 4 N–H and O–H groups in total. The van der Waals surface area contributed by atoms with Crippen LogP contribution in [0.5, 0.6) is 0 Å². The zero-order valence-electron chi connectivity index (χ0n) is 14.6. The molecule has 1 aliphatic rings. The van der Waals surface area contributed by atoms with Crippen LogP contribution in [-0.4, -0.2) is 11.9 Å². The van der Waals surface area contributed by atoms with Gasteiger partial charge in [-0.15, -0.1) is 0 Å². The third-order valence-electron chi connectivity index (χ3n) is 4.80. The molecule has 0 aromatic heterocycles. The van der Waals surface area contributed by atoms with E-state index in [9.17, 15) is 9.59 Å². The van der Waals surface area contributed by atoms with Crippen molar-refractivity contribution in [1.82, 2.24) is 10.6 Å². The molecule has 1 fully saturated rings. The van der Waals surface area contributed by atoms with Crippen LogP contribution in [0, 0.1) is 6.92 Å². The highest BCUT2D eigenvalue weighted by atomic mass is 79.9. The Morgan fingerprint density at radius 1 is 1.15 bits per heavy atom. The number of hydrogen-bond acceptors (Lipinski definition) is 2. The Morgan fingerprint density at radius 3 is 2.38 bits per heavy atom. The lowest BCUT2D eigenvalue weighted by Gasteiger charge is -2.23. The maximum absolute atomic E-state index is 12.7. The van der Waals surface area contributed by atoms with Crippen LogP contribution in [0.3, 0.4) is 0 Å². The number of urea groups is 1. The van der Waals surface area contributed by atoms with Crippen molar-refractivity contribution < 1.29 is 9.59 Å². The summed E-state index contributed by atoms with van der Waals surface area (Å²) in [6.07, 6.45) is 1.98. The molecule has 5 nitrogen and oxygen atoms in total. The van der Waals surface area contributed by atoms with Gasteiger partial charge in [0.1, 0.15) is 0 Å². The molecule has 1 saturated carbocycles. The number of hydrogen-bond donors (Lipinski definition) is 3. The van der Waals surface area contributed by atoms with Crippen LogP contribution >= 0.6 is 15.9 Å². The van der Waals surface area contributed by atoms with Crippen molar-refractivity contribution in [3.63, 3.8) is 0 Å². The Kier molecular flexibility index (Phi) is 5.32. The summed E-state index contributed by atoms with van der Waals surface area (Å²) in [6.45, 7) is 1.95. The quantitative estimate of drug-likeness (QED) is 0.672. The van der Waals surface area contributed by atoms with Gasteiger partial charge in [-0.25, -0.2) is 4.79 Å². The third kappa shape index (κ3) is 4.25. The molecule has 6 heteroatoms. The van der Waals surface area contributed by atoms with Gasteiger partial charge in [-0.1, -0.05) is 52.3 Å². The fourth-order valence-corrected chi connectivity index (χ4v) is 3.54. The first kappa shape index (κ1) is 18.5. The van der Waals surface area contributed by atoms with Crippen molar-refractivity contribution >= 4 is 27.9 Å². The number of rotatable bonds is 6. The van der Waals surface area contributed by atoms with Gasteiger partial charge in [0.15, 0.2) is 0 Å². The summed E-state index contributed by atoms with van der Waals surface area (Å²) in [5.74, 6) is -0.104. The van der Waals surface area contributed by atoms with E-state index in [0.29, 0.717) is 0 Å². The molecule has 1 atom stereocenters. The molecule has 0 bridgehead atoms. The molecule has 2 aromatic carbocycles. The fourth-order valence-electron chi connectivity index (χ4n) is 3.27. The molecule has 0 heterocycles. The van der Waals surface area contributed by atoms with Gasteiger partial charge in [-0.3, -0.25) is 4.79 Å². The minimum absolute atomic E-state index is 0.104. The Labute approximate surface area is 161 Å². The first-order chi connectivity index (χ1) is 12.4. The zero-order chi connectivity index (χ0) is 18.7. The van der Waals surface area contributed by atoms with E-state index in [4.69, 9.17) is 5.73 Å². The maximum Gasteiger partial charge on any atom is 0.312 e. The molecule has 26 heavy (non-hydrogen) atoms. The summed E-state index contributed by atoms with van der Waals surface area (Å²) >= 11 is 3.43. The predicted molar refractivity (Wildman–Crippen MR) is 104 cm³/mol. The monoisotopic (exact) mass is 415 g/mol. The SMILES string of the molecule is Cc1ccccc1C(CC(=O)NC1(c2ccc(Br)cc2)CC1)NC(N)=O. The number of amides is 3. The first-order valence-corrected chi connectivity index (χ1v) is 9.37. The van der Waals surface area contributed by atoms with Gasteiger partial charge in [0.25, 0.3) is 0 Å². The minimum Gasteiger partial charge on any atom is -0.352 e. The number of nitrogens with two attached hydrogens (primary N) is 1. The molecule has 2 aromatic rings. The summed E-state index contributed by atoms with van der Waals surface area (Å²) < 4.78 is 1.01. The number of halogens is 1. The Morgan fingerprint density at radius 2 is 1.81 bits per heavy atom.